The number of rotatable bonds is 4. The minimum atomic E-state index is 0.279. The first kappa shape index (κ1) is 16.2. The number of thiophene rings is 1. The topological polar surface area (TPSA) is 49.3 Å². The Bertz CT molecular complexity index is 859. The molecule has 0 aliphatic carbocycles. The summed E-state index contributed by atoms with van der Waals surface area (Å²) in [6.45, 7) is 4.95. The van der Waals surface area contributed by atoms with Gasteiger partial charge in [-0.15, -0.1) is 0 Å². The van der Waals surface area contributed by atoms with Crippen LogP contribution in [0.1, 0.15) is 29.6 Å². The van der Waals surface area contributed by atoms with Gasteiger partial charge in [-0.05, 0) is 46.7 Å². The lowest BCUT2D eigenvalue weighted by Crippen LogP contribution is -2.31. The molecule has 0 bridgehead atoms. The van der Waals surface area contributed by atoms with Crippen molar-refractivity contribution in [3.63, 3.8) is 0 Å². The minimum Gasteiger partial charge on any atom is -0.508 e. The number of aromatic nitrogens is 2. The summed E-state index contributed by atoms with van der Waals surface area (Å²) in [5, 5.41) is 13.9. The maximum Gasteiger partial charge on any atom is 0.129 e. The van der Waals surface area contributed by atoms with Crippen LogP contribution in [0.3, 0.4) is 0 Å². The zero-order valence-corrected chi connectivity index (χ0v) is 15.1. The fourth-order valence-corrected chi connectivity index (χ4v) is 3.97. The van der Waals surface area contributed by atoms with E-state index in [1.54, 1.807) is 23.5 Å². The Morgan fingerprint density at radius 1 is 1.16 bits per heavy atom. The highest BCUT2D eigenvalue weighted by atomic mass is 32.1. The van der Waals surface area contributed by atoms with E-state index >= 15 is 0 Å². The van der Waals surface area contributed by atoms with Crippen LogP contribution in [0.25, 0.3) is 11.3 Å². The van der Waals surface area contributed by atoms with Crippen LogP contribution in [0.15, 0.2) is 41.1 Å². The maximum absolute atomic E-state index is 9.59. The molecule has 1 aromatic carbocycles. The molecule has 2 aromatic heterocycles. The molecule has 1 aliphatic rings. The van der Waals surface area contributed by atoms with Crippen molar-refractivity contribution in [3.8, 4) is 17.0 Å². The predicted molar refractivity (Wildman–Crippen MR) is 101 cm³/mol. The molecule has 4 nitrogen and oxygen atoms in total. The largest absolute Gasteiger partial charge is 0.508 e. The van der Waals surface area contributed by atoms with Crippen LogP contribution in [0.4, 0.5) is 0 Å². The van der Waals surface area contributed by atoms with Crippen LogP contribution in [0, 0.1) is 0 Å². The molecule has 0 fully saturated rings. The number of nitrogens with zero attached hydrogens (tertiary/aromatic N) is 3. The Hall–Kier alpha value is -2.24. The van der Waals surface area contributed by atoms with Gasteiger partial charge in [0.1, 0.15) is 11.6 Å². The van der Waals surface area contributed by atoms with Crippen molar-refractivity contribution in [1.82, 2.24) is 14.9 Å². The van der Waals surface area contributed by atoms with E-state index in [1.165, 1.54) is 16.8 Å². The van der Waals surface area contributed by atoms with E-state index in [0.29, 0.717) is 0 Å². The number of aryl methyl sites for hydroxylation is 1. The third-order valence-electron chi connectivity index (χ3n) is 4.63. The third kappa shape index (κ3) is 3.43. The van der Waals surface area contributed by atoms with Crippen LogP contribution in [0.2, 0.25) is 0 Å². The lowest BCUT2D eigenvalue weighted by atomic mass is 9.98. The second-order valence-corrected chi connectivity index (χ2v) is 7.19. The van der Waals surface area contributed by atoms with Gasteiger partial charge in [-0.1, -0.05) is 6.92 Å². The fraction of sp³-hybridized carbons (Fsp3) is 0.300. The highest BCUT2D eigenvalue weighted by Gasteiger charge is 2.23. The van der Waals surface area contributed by atoms with Crippen molar-refractivity contribution in [1.29, 1.82) is 0 Å². The molecule has 3 heterocycles. The Labute approximate surface area is 151 Å². The van der Waals surface area contributed by atoms with Crippen molar-refractivity contribution in [2.75, 3.05) is 6.54 Å². The van der Waals surface area contributed by atoms with E-state index in [0.717, 1.165) is 49.6 Å². The van der Waals surface area contributed by atoms with E-state index in [2.05, 4.69) is 28.7 Å². The molecule has 4 rings (SSSR count). The molecule has 0 saturated heterocycles. The highest BCUT2D eigenvalue weighted by Crippen LogP contribution is 2.30. The molecule has 3 aromatic rings. The number of aromatic hydroxyl groups is 1. The molecule has 0 atom stereocenters. The Kier molecular flexibility index (Phi) is 4.51. The van der Waals surface area contributed by atoms with Gasteiger partial charge in [0.25, 0.3) is 0 Å². The molecule has 0 amide bonds. The number of phenols is 1. The lowest BCUT2D eigenvalue weighted by molar-refractivity contribution is 0.243. The van der Waals surface area contributed by atoms with Crippen molar-refractivity contribution in [3.05, 3.63) is 63.7 Å². The van der Waals surface area contributed by atoms with Crippen LogP contribution >= 0.6 is 11.3 Å². The lowest BCUT2D eigenvalue weighted by Gasteiger charge is -2.29. The molecular weight excluding hydrogens is 330 g/mol. The zero-order valence-electron chi connectivity index (χ0n) is 14.3. The highest BCUT2D eigenvalue weighted by molar-refractivity contribution is 7.07. The molecule has 5 heteroatoms. The molecule has 0 saturated carbocycles. The first-order chi connectivity index (χ1) is 12.2. The average Bonchev–Trinajstić information content (AvgIpc) is 3.14. The van der Waals surface area contributed by atoms with E-state index < -0.39 is 0 Å². The molecule has 0 spiro atoms. The van der Waals surface area contributed by atoms with E-state index in [1.807, 2.05) is 12.1 Å². The van der Waals surface area contributed by atoms with E-state index in [-0.39, 0.29) is 5.75 Å². The van der Waals surface area contributed by atoms with E-state index in [9.17, 15) is 5.11 Å². The summed E-state index contributed by atoms with van der Waals surface area (Å²) >= 11 is 1.75. The van der Waals surface area contributed by atoms with Gasteiger partial charge in [0.2, 0.25) is 0 Å². The number of hydrogen-bond acceptors (Lipinski definition) is 5. The van der Waals surface area contributed by atoms with Crippen molar-refractivity contribution < 1.29 is 5.11 Å². The maximum atomic E-state index is 9.59. The number of benzene rings is 1. The van der Waals surface area contributed by atoms with Crippen LogP contribution in [-0.2, 0) is 25.9 Å². The Morgan fingerprint density at radius 2 is 2.00 bits per heavy atom. The Morgan fingerprint density at radius 3 is 2.72 bits per heavy atom. The van der Waals surface area contributed by atoms with Gasteiger partial charge in [0.15, 0.2) is 0 Å². The minimum absolute atomic E-state index is 0.279. The summed E-state index contributed by atoms with van der Waals surface area (Å²) < 4.78 is 0. The second-order valence-electron chi connectivity index (χ2n) is 6.41. The third-order valence-corrected chi connectivity index (χ3v) is 5.36. The fourth-order valence-electron chi connectivity index (χ4n) is 3.31. The summed E-state index contributed by atoms with van der Waals surface area (Å²) in [4.78, 5) is 12.1. The monoisotopic (exact) mass is 351 g/mol. The van der Waals surface area contributed by atoms with E-state index in [4.69, 9.17) is 9.97 Å². The van der Waals surface area contributed by atoms with Crippen molar-refractivity contribution in [2.24, 2.45) is 0 Å². The van der Waals surface area contributed by atoms with Gasteiger partial charge in [0.05, 0.1) is 11.4 Å². The first-order valence-corrected chi connectivity index (χ1v) is 9.58. The summed E-state index contributed by atoms with van der Waals surface area (Å²) in [6.07, 6.45) is 1.79. The summed E-state index contributed by atoms with van der Waals surface area (Å²) in [6, 6.07) is 9.52. The van der Waals surface area contributed by atoms with Gasteiger partial charge in [-0.25, -0.2) is 9.97 Å². The zero-order chi connectivity index (χ0) is 17.2. The smallest absolute Gasteiger partial charge is 0.129 e. The van der Waals surface area contributed by atoms with Crippen LogP contribution in [-0.4, -0.2) is 26.5 Å². The van der Waals surface area contributed by atoms with Gasteiger partial charge < -0.3 is 5.11 Å². The first-order valence-electron chi connectivity index (χ1n) is 8.64. The SMILES string of the molecule is CCc1nc2c(c(-c3ccc(O)cc3)n1)CN(Cc1ccsc1)CC2. The predicted octanol–water partition coefficient (Wildman–Crippen LogP) is 4.03. The van der Waals surface area contributed by atoms with Gasteiger partial charge in [0, 0.05) is 43.6 Å². The molecule has 0 unspecified atom stereocenters. The average molecular weight is 351 g/mol. The number of phenolic OH excluding ortho intramolecular Hbond substituents is 1. The number of fused-ring (bicyclic) bond motifs is 1. The molecular formula is C20H21N3OS. The van der Waals surface area contributed by atoms with Crippen molar-refractivity contribution in [2.45, 2.75) is 32.9 Å². The second kappa shape index (κ2) is 6.94. The standard InChI is InChI=1S/C20H21N3OS/c1-2-19-21-18-7-9-23(11-14-8-10-25-13-14)12-17(18)20(22-19)15-3-5-16(24)6-4-15/h3-6,8,10,13,24H,2,7,9,11-12H2,1H3. The quantitative estimate of drug-likeness (QED) is 0.771. The summed E-state index contributed by atoms with van der Waals surface area (Å²) in [7, 11) is 0. The van der Waals surface area contributed by atoms with Crippen LogP contribution < -0.4 is 0 Å². The molecule has 1 N–H and O–H groups in total. The molecule has 1 aliphatic heterocycles. The molecule has 0 radical (unpaired) electrons. The van der Waals surface area contributed by atoms with Crippen molar-refractivity contribution >= 4 is 11.3 Å². The summed E-state index contributed by atoms with van der Waals surface area (Å²) in [5.74, 6) is 1.18. The number of hydrogen-bond donors (Lipinski definition) is 1. The molecule has 25 heavy (non-hydrogen) atoms. The summed E-state index contributed by atoms with van der Waals surface area (Å²) in [5.41, 5.74) is 5.83. The van der Waals surface area contributed by atoms with Crippen LogP contribution in [0.5, 0.6) is 5.75 Å². The van der Waals surface area contributed by atoms with Gasteiger partial charge in [-0.3, -0.25) is 4.90 Å². The normalized spacial score (nSPS) is 14.4. The molecule has 128 valence electrons. The Balaban J connectivity index is 1.70. The van der Waals surface area contributed by atoms with Gasteiger partial charge >= 0.3 is 0 Å². The van der Waals surface area contributed by atoms with Gasteiger partial charge in [-0.2, -0.15) is 11.3 Å².